The molecule has 1 N–H and O–H groups in total. The molecule has 0 radical (unpaired) electrons. The van der Waals surface area contributed by atoms with Crippen LogP contribution in [0.3, 0.4) is 0 Å². The molecule has 0 atom stereocenters. The van der Waals surface area contributed by atoms with Crippen LogP contribution in [0.25, 0.3) is 11.0 Å². The molecule has 0 aliphatic carbocycles. The van der Waals surface area contributed by atoms with E-state index in [4.69, 9.17) is 20.8 Å². The molecule has 0 aliphatic heterocycles. The van der Waals surface area contributed by atoms with Crippen molar-refractivity contribution in [1.29, 1.82) is 0 Å². The molecular formula is C20H15ClF3NO4. The Morgan fingerprint density at radius 1 is 1.14 bits per heavy atom. The molecule has 29 heavy (non-hydrogen) atoms. The second-order valence-electron chi connectivity index (χ2n) is 6.45. The van der Waals surface area contributed by atoms with Crippen LogP contribution in [0.5, 0.6) is 5.75 Å². The Balaban J connectivity index is 1.98. The number of carbonyl (C=O) groups excluding carboxylic acids is 1. The van der Waals surface area contributed by atoms with Gasteiger partial charge in [-0.25, -0.2) is 4.79 Å². The topological polar surface area (TPSA) is 68.5 Å². The highest BCUT2D eigenvalue weighted by Gasteiger charge is 2.33. The summed E-state index contributed by atoms with van der Waals surface area (Å²) in [6.45, 7) is 3.65. The van der Waals surface area contributed by atoms with Crippen LogP contribution >= 0.6 is 11.6 Å². The molecule has 9 heteroatoms. The Morgan fingerprint density at radius 3 is 2.52 bits per heavy atom. The van der Waals surface area contributed by atoms with Crippen LogP contribution in [-0.2, 0) is 6.18 Å². The van der Waals surface area contributed by atoms with E-state index < -0.39 is 28.3 Å². The number of fused-ring (bicyclic) bond motifs is 1. The SMILES string of the molecule is CC(C)Oc1ccc2c(C(=O)Nc3ccc(Cl)c(C(F)(F)F)c3)cc(=O)oc2c1. The molecule has 3 rings (SSSR count). The Kier molecular flexibility index (Phi) is 5.57. The zero-order valence-electron chi connectivity index (χ0n) is 15.3. The third kappa shape index (κ3) is 4.71. The van der Waals surface area contributed by atoms with Gasteiger partial charge in [-0.05, 0) is 44.2 Å². The second-order valence-corrected chi connectivity index (χ2v) is 6.86. The lowest BCUT2D eigenvalue weighted by atomic mass is 10.1. The molecule has 1 heterocycles. The quantitative estimate of drug-likeness (QED) is 0.560. The molecule has 0 aliphatic rings. The molecule has 5 nitrogen and oxygen atoms in total. The molecule has 3 aromatic rings. The van der Waals surface area contributed by atoms with Gasteiger partial charge in [-0.3, -0.25) is 4.79 Å². The summed E-state index contributed by atoms with van der Waals surface area (Å²) in [5.41, 5.74) is -1.90. The van der Waals surface area contributed by atoms with E-state index in [2.05, 4.69) is 5.32 Å². The largest absolute Gasteiger partial charge is 0.491 e. The Labute approximate surface area is 168 Å². The normalized spacial score (nSPS) is 11.7. The first kappa shape index (κ1) is 20.7. The first-order valence-corrected chi connectivity index (χ1v) is 8.85. The number of rotatable bonds is 4. The smallest absolute Gasteiger partial charge is 0.417 e. The molecule has 0 bridgehead atoms. The van der Waals surface area contributed by atoms with Crippen LogP contribution < -0.4 is 15.7 Å². The van der Waals surface area contributed by atoms with Crippen molar-refractivity contribution in [2.24, 2.45) is 0 Å². The summed E-state index contributed by atoms with van der Waals surface area (Å²) < 4.78 is 49.7. The first-order valence-electron chi connectivity index (χ1n) is 8.47. The molecule has 2 aromatic carbocycles. The summed E-state index contributed by atoms with van der Waals surface area (Å²) in [4.78, 5) is 24.5. The molecule has 152 valence electrons. The summed E-state index contributed by atoms with van der Waals surface area (Å²) in [6.07, 6.45) is -4.79. The Hall–Kier alpha value is -3.00. The van der Waals surface area contributed by atoms with E-state index in [1.54, 1.807) is 6.07 Å². The maximum Gasteiger partial charge on any atom is 0.417 e. The van der Waals surface area contributed by atoms with E-state index in [9.17, 15) is 22.8 Å². The van der Waals surface area contributed by atoms with E-state index in [0.29, 0.717) is 11.1 Å². The fourth-order valence-corrected chi connectivity index (χ4v) is 2.92. The highest BCUT2D eigenvalue weighted by Crippen LogP contribution is 2.36. The number of anilines is 1. The number of halogens is 4. The summed E-state index contributed by atoms with van der Waals surface area (Å²) in [5.74, 6) is -0.323. The van der Waals surface area contributed by atoms with Crippen molar-refractivity contribution < 1.29 is 27.1 Å². The van der Waals surface area contributed by atoms with Crippen LogP contribution in [0.1, 0.15) is 29.8 Å². The van der Waals surface area contributed by atoms with Gasteiger partial charge >= 0.3 is 11.8 Å². The average Bonchev–Trinajstić information content (AvgIpc) is 2.60. The zero-order chi connectivity index (χ0) is 21.3. The molecule has 0 unspecified atom stereocenters. The number of carbonyl (C=O) groups is 1. The number of nitrogens with one attached hydrogen (secondary N) is 1. The molecular weight excluding hydrogens is 411 g/mol. The summed E-state index contributed by atoms with van der Waals surface area (Å²) in [6, 6.07) is 8.57. The van der Waals surface area contributed by atoms with Crippen molar-refractivity contribution >= 4 is 34.2 Å². The number of amides is 1. The maximum absolute atomic E-state index is 13.0. The van der Waals surface area contributed by atoms with Gasteiger partial charge < -0.3 is 14.5 Å². The predicted octanol–water partition coefficient (Wildman–Crippen LogP) is 5.50. The number of hydrogen-bond acceptors (Lipinski definition) is 4. The van der Waals surface area contributed by atoms with Crippen LogP contribution in [0.2, 0.25) is 5.02 Å². The van der Waals surface area contributed by atoms with Gasteiger partial charge in [0.1, 0.15) is 11.3 Å². The van der Waals surface area contributed by atoms with Gasteiger partial charge in [-0.15, -0.1) is 0 Å². The molecule has 0 fully saturated rings. The van der Waals surface area contributed by atoms with Crippen molar-refractivity contribution in [2.75, 3.05) is 5.32 Å². The van der Waals surface area contributed by atoms with Crippen molar-refractivity contribution in [2.45, 2.75) is 26.1 Å². The fourth-order valence-electron chi connectivity index (χ4n) is 2.70. The fraction of sp³-hybridized carbons (Fsp3) is 0.200. The summed E-state index contributed by atoms with van der Waals surface area (Å²) in [5, 5.41) is 2.18. The zero-order valence-corrected chi connectivity index (χ0v) is 16.0. The van der Waals surface area contributed by atoms with Gasteiger partial charge in [0.25, 0.3) is 5.91 Å². The lowest BCUT2D eigenvalue weighted by Gasteiger charge is -2.13. The molecule has 0 spiro atoms. The van der Waals surface area contributed by atoms with E-state index in [1.807, 2.05) is 13.8 Å². The predicted molar refractivity (Wildman–Crippen MR) is 103 cm³/mol. The van der Waals surface area contributed by atoms with Gasteiger partial charge in [0.15, 0.2) is 0 Å². The molecule has 1 aromatic heterocycles. The highest BCUT2D eigenvalue weighted by molar-refractivity contribution is 6.31. The van der Waals surface area contributed by atoms with Crippen molar-refractivity contribution in [3.05, 3.63) is 69.0 Å². The van der Waals surface area contributed by atoms with Crippen LogP contribution in [0.15, 0.2) is 51.7 Å². The Bertz CT molecular complexity index is 1140. The number of hydrogen-bond donors (Lipinski definition) is 1. The van der Waals surface area contributed by atoms with Gasteiger partial charge in [-0.2, -0.15) is 13.2 Å². The third-order valence-electron chi connectivity index (χ3n) is 3.86. The minimum absolute atomic E-state index is 0.0455. The van der Waals surface area contributed by atoms with E-state index in [1.165, 1.54) is 18.2 Å². The van der Waals surface area contributed by atoms with E-state index in [-0.39, 0.29) is 22.9 Å². The Morgan fingerprint density at radius 2 is 1.86 bits per heavy atom. The maximum atomic E-state index is 13.0. The number of alkyl halides is 3. The monoisotopic (exact) mass is 425 g/mol. The standard InChI is InChI=1S/C20H15ClF3NO4/c1-10(2)28-12-4-5-13-14(9-18(26)29-17(13)8-12)19(27)25-11-3-6-16(21)15(7-11)20(22,23)24/h3-10H,1-2H3,(H,25,27). The minimum Gasteiger partial charge on any atom is -0.491 e. The molecule has 0 saturated heterocycles. The minimum atomic E-state index is -4.68. The van der Waals surface area contributed by atoms with Gasteiger partial charge in [0.2, 0.25) is 0 Å². The van der Waals surface area contributed by atoms with E-state index >= 15 is 0 Å². The average molecular weight is 426 g/mol. The lowest BCUT2D eigenvalue weighted by Crippen LogP contribution is -2.16. The first-order chi connectivity index (χ1) is 13.5. The summed E-state index contributed by atoms with van der Waals surface area (Å²) in [7, 11) is 0. The van der Waals surface area contributed by atoms with Crippen LogP contribution in [0, 0.1) is 0 Å². The second kappa shape index (κ2) is 7.79. The number of benzene rings is 2. The highest BCUT2D eigenvalue weighted by atomic mass is 35.5. The van der Waals surface area contributed by atoms with Gasteiger partial charge in [0, 0.05) is 23.2 Å². The van der Waals surface area contributed by atoms with Crippen molar-refractivity contribution in [3.8, 4) is 5.75 Å². The van der Waals surface area contributed by atoms with Gasteiger partial charge in [0.05, 0.1) is 22.3 Å². The van der Waals surface area contributed by atoms with Crippen LogP contribution in [-0.4, -0.2) is 12.0 Å². The number of ether oxygens (including phenoxy) is 1. The molecule has 1 amide bonds. The van der Waals surface area contributed by atoms with E-state index in [0.717, 1.165) is 18.2 Å². The summed E-state index contributed by atoms with van der Waals surface area (Å²) >= 11 is 5.59. The van der Waals surface area contributed by atoms with Crippen molar-refractivity contribution in [3.63, 3.8) is 0 Å². The van der Waals surface area contributed by atoms with Gasteiger partial charge in [-0.1, -0.05) is 11.6 Å². The molecule has 0 saturated carbocycles. The van der Waals surface area contributed by atoms with Crippen molar-refractivity contribution in [1.82, 2.24) is 0 Å². The van der Waals surface area contributed by atoms with Crippen LogP contribution in [0.4, 0.5) is 18.9 Å². The third-order valence-corrected chi connectivity index (χ3v) is 4.19. The lowest BCUT2D eigenvalue weighted by molar-refractivity contribution is -0.137.